The van der Waals surface area contributed by atoms with Gasteiger partial charge in [0.05, 0.1) is 17.3 Å². The zero-order valence-corrected chi connectivity index (χ0v) is 19.5. The van der Waals surface area contributed by atoms with Crippen molar-refractivity contribution in [3.8, 4) is 5.75 Å². The minimum absolute atomic E-state index is 0.190. The molecular formula is C22H29N3O4S2. The molecule has 1 aliphatic rings. The van der Waals surface area contributed by atoms with Crippen LogP contribution in [0, 0.1) is 0 Å². The van der Waals surface area contributed by atoms with Crippen molar-refractivity contribution in [2.75, 3.05) is 50.4 Å². The third-order valence-electron chi connectivity index (χ3n) is 5.04. The number of anilines is 1. The van der Waals surface area contributed by atoms with Gasteiger partial charge in [0.25, 0.3) is 0 Å². The molecule has 1 amide bonds. The molecule has 0 bridgehead atoms. The van der Waals surface area contributed by atoms with Crippen LogP contribution in [-0.2, 0) is 14.8 Å². The lowest BCUT2D eigenvalue weighted by Gasteiger charge is -2.33. The summed E-state index contributed by atoms with van der Waals surface area (Å²) in [5, 5.41) is 2.80. The van der Waals surface area contributed by atoms with Crippen LogP contribution in [-0.4, -0.2) is 68.6 Å². The third kappa shape index (κ3) is 6.46. The van der Waals surface area contributed by atoms with E-state index in [0.29, 0.717) is 25.4 Å². The van der Waals surface area contributed by atoms with Gasteiger partial charge in [-0.05, 0) is 55.9 Å². The molecular weight excluding hydrogens is 434 g/mol. The van der Waals surface area contributed by atoms with Gasteiger partial charge in [-0.1, -0.05) is 13.0 Å². The molecule has 0 unspecified atom stereocenters. The molecule has 31 heavy (non-hydrogen) atoms. The normalized spacial score (nSPS) is 15.5. The fourth-order valence-electron chi connectivity index (χ4n) is 3.31. The molecule has 0 saturated carbocycles. The van der Waals surface area contributed by atoms with Gasteiger partial charge in [-0.25, -0.2) is 8.42 Å². The first-order chi connectivity index (χ1) is 14.9. The first kappa shape index (κ1) is 23.6. The summed E-state index contributed by atoms with van der Waals surface area (Å²) in [6.45, 7) is 7.95. The fourth-order valence-corrected chi connectivity index (χ4v) is 5.48. The highest BCUT2D eigenvalue weighted by atomic mass is 32.2. The average molecular weight is 464 g/mol. The Labute approximate surface area is 188 Å². The summed E-state index contributed by atoms with van der Waals surface area (Å²) in [5.74, 6) is 0.833. The second-order valence-electron chi connectivity index (χ2n) is 7.11. The van der Waals surface area contributed by atoms with E-state index in [2.05, 4.69) is 17.1 Å². The van der Waals surface area contributed by atoms with Gasteiger partial charge in [0.2, 0.25) is 15.9 Å². The Hall–Kier alpha value is -2.07. The van der Waals surface area contributed by atoms with Crippen molar-refractivity contribution in [1.82, 2.24) is 9.21 Å². The molecule has 1 N–H and O–H groups in total. The van der Waals surface area contributed by atoms with Crippen LogP contribution in [0.5, 0.6) is 5.75 Å². The standard InChI is InChI=1S/C22H29N3O4S2/c1-3-24-12-14-25(15-13-24)31(27,28)21-7-5-6-18(16-21)23-22(26)17-30-20-10-8-19(9-11-20)29-4-2/h5-11,16H,3-4,12-15,17H2,1-2H3,(H,23,26). The topological polar surface area (TPSA) is 78.9 Å². The molecule has 0 radical (unpaired) electrons. The predicted molar refractivity (Wildman–Crippen MR) is 124 cm³/mol. The molecule has 0 spiro atoms. The van der Waals surface area contributed by atoms with Crippen molar-refractivity contribution in [2.24, 2.45) is 0 Å². The van der Waals surface area contributed by atoms with E-state index in [1.54, 1.807) is 18.2 Å². The first-order valence-corrected chi connectivity index (χ1v) is 12.8. The van der Waals surface area contributed by atoms with Gasteiger partial charge in [0.15, 0.2) is 0 Å². The maximum absolute atomic E-state index is 13.0. The number of sulfonamides is 1. The Morgan fingerprint density at radius 3 is 2.42 bits per heavy atom. The summed E-state index contributed by atoms with van der Waals surface area (Å²) in [7, 11) is -3.58. The number of amides is 1. The summed E-state index contributed by atoms with van der Waals surface area (Å²) < 4.78 is 32.9. The van der Waals surface area contributed by atoms with Gasteiger partial charge in [-0.15, -0.1) is 11.8 Å². The largest absolute Gasteiger partial charge is 0.494 e. The Kier molecular flexibility index (Phi) is 8.36. The lowest BCUT2D eigenvalue weighted by Crippen LogP contribution is -2.48. The summed E-state index contributed by atoms with van der Waals surface area (Å²) >= 11 is 1.41. The number of rotatable bonds is 9. The van der Waals surface area contributed by atoms with Crippen molar-refractivity contribution in [3.05, 3.63) is 48.5 Å². The SMILES string of the molecule is CCOc1ccc(SCC(=O)Nc2cccc(S(=O)(=O)N3CCN(CC)CC3)c2)cc1. The van der Waals surface area contributed by atoms with Crippen LogP contribution in [0.15, 0.2) is 58.3 Å². The van der Waals surface area contributed by atoms with Crippen molar-refractivity contribution < 1.29 is 17.9 Å². The molecule has 0 aliphatic carbocycles. The maximum Gasteiger partial charge on any atom is 0.243 e. The highest BCUT2D eigenvalue weighted by molar-refractivity contribution is 8.00. The van der Waals surface area contributed by atoms with Gasteiger partial charge < -0.3 is 15.0 Å². The van der Waals surface area contributed by atoms with Gasteiger partial charge in [0.1, 0.15) is 5.75 Å². The van der Waals surface area contributed by atoms with Gasteiger partial charge in [-0.3, -0.25) is 4.79 Å². The van der Waals surface area contributed by atoms with Crippen LogP contribution in [0.1, 0.15) is 13.8 Å². The van der Waals surface area contributed by atoms with E-state index in [1.807, 2.05) is 31.2 Å². The Morgan fingerprint density at radius 2 is 1.77 bits per heavy atom. The zero-order chi connectivity index (χ0) is 22.3. The average Bonchev–Trinajstić information content (AvgIpc) is 2.79. The Morgan fingerprint density at radius 1 is 1.06 bits per heavy atom. The lowest BCUT2D eigenvalue weighted by atomic mass is 10.3. The highest BCUT2D eigenvalue weighted by Crippen LogP contribution is 2.23. The third-order valence-corrected chi connectivity index (χ3v) is 7.95. The minimum atomic E-state index is -3.58. The van der Waals surface area contributed by atoms with E-state index in [0.717, 1.165) is 30.3 Å². The van der Waals surface area contributed by atoms with Gasteiger partial charge in [0, 0.05) is 36.8 Å². The number of piperazine rings is 1. The number of likely N-dealkylation sites (N-methyl/N-ethyl adjacent to an activating group) is 1. The Balaban J connectivity index is 1.57. The predicted octanol–water partition coefficient (Wildman–Crippen LogP) is 3.14. The summed E-state index contributed by atoms with van der Waals surface area (Å²) in [6.07, 6.45) is 0. The summed E-state index contributed by atoms with van der Waals surface area (Å²) in [6, 6.07) is 14.0. The molecule has 0 aromatic heterocycles. The molecule has 1 saturated heterocycles. The number of hydrogen-bond donors (Lipinski definition) is 1. The molecule has 7 nitrogen and oxygen atoms in total. The number of benzene rings is 2. The monoisotopic (exact) mass is 463 g/mol. The smallest absolute Gasteiger partial charge is 0.243 e. The number of thioether (sulfide) groups is 1. The molecule has 1 heterocycles. The molecule has 0 atom stereocenters. The first-order valence-electron chi connectivity index (χ1n) is 10.4. The van der Waals surface area contributed by atoms with Crippen LogP contribution >= 0.6 is 11.8 Å². The second-order valence-corrected chi connectivity index (χ2v) is 10.1. The molecule has 9 heteroatoms. The molecule has 1 aliphatic heterocycles. The number of ether oxygens (including phenoxy) is 1. The van der Waals surface area contributed by atoms with E-state index < -0.39 is 10.0 Å². The second kappa shape index (κ2) is 11.0. The molecule has 3 rings (SSSR count). The number of nitrogens with zero attached hydrogens (tertiary/aromatic N) is 2. The summed E-state index contributed by atoms with van der Waals surface area (Å²) in [4.78, 5) is 15.8. The molecule has 2 aromatic carbocycles. The van der Waals surface area contributed by atoms with Crippen molar-refractivity contribution >= 4 is 33.4 Å². The molecule has 2 aromatic rings. The van der Waals surface area contributed by atoms with Crippen LogP contribution < -0.4 is 10.1 Å². The van der Waals surface area contributed by atoms with E-state index in [9.17, 15) is 13.2 Å². The van der Waals surface area contributed by atoms with Crippen LogP contribution in [0.3, 0.4) is 0 Å². The van der Waals surface area contributed by atoms with Gasteiger partial charge in [-0.2, -0.15) is 4.31 Å². The van der Waals surface area contributed by atoms with E-state index in [-0.39, 0.29) is 16.6 Å². The quantitative estimate of drug-likeness (QED) is 0.576. The number of hydrogen-bond acceptors (Lipinski definition) is 6. The number of carbonyl (C=O) groups excluding carboxylic acids is 1. The van der Waals surface area contributed by atoms with Crippen molar-refractivity contribution in [3.63, 3.8) is 0 Å². The number of carbonyl (C=O) groups is 1. The van der Waals surface area contributed by atoms with Crippen molar-refractivity contribution in [2.45, 2.75) is 23.6 Å². The van der Waals surface area contributed by atoms with E-state index >= 15 is 0 Å². The van der Waals surface area contributed by atoms with E-state index in [4.69, 9.17) is 4.74 Å². The zero-order valence-electron chi connectivity index (χ0n) is 17.9. The van der Waals surface area contributed by atoms with E-state index in [1.165, 1.54) is 22.1 Å². The fraction of sp³-hybridized carbons (Fsp3) is 0.409. The molecule has 1 fully saturated rings. The van der Waals surface area contributed by atoms with Crippen LogP contribution in [0.2, 0.25) is 0 Å². The minimum Gasteiger partial charge on any atom is -0.494 e. The Bertz CT molecular complexity index is 973. The van der Waals surface area contributed by atoms with Crippen LogP contribution in [0.25, 0.3) is 0 Å². The van der Waals surface area contributed by atoms with Crippen molar-refractivity contribution in [1.29, 1.82) is 0 Å². The highest BCUT2D eigenvalue weighted by Gasteiger charge is 2.28. The van der Waals surface area contributed by atoms with Crippen LogP contribution in [0.4, 0.5) is 5.69 Å². The molecule has 168 valence electrons. The lowest BCUT2D eigenvalue weighted by molar-refractivity contribution is -0.113. The summed E-state index contributed by atoms with van der Waals surface area (Å²) in [5.41, 5.74) is 0.477. The number of nitrogens with one attached hydrogen (secondary N) is 1. The maximum atomic E-state index is 13.0. The van der Waals surface area contributed by atoms with Gasteiger partial charge >= 0.3 is 0 Å².